The third-order valence-corrected chi connectivity index (χ3v) is 4.50. The number of nitrogens with one attached hydrogen (secondary N) is 1. The van der Waals surface area contributed by atoms with Gasteiger partial charge in [-0.25, -0.2) is 0 Å². The van der Waals surface area contributed by atoms with Crippen molar-refractivity contribution < 1.29 is 14.3 Å². The zero-order chi connectivity index (χ0) is 18.4. The van der Waals surface area contributed by atoms with Crippen molar-refractivity contribution in [2.45, 2.75) is 25.8 Å². The van der Waals surface area contributed by atoms with Crippen molar-refractivity contribution in [1.82, 2.24) is 5.32 Å². The van der Waals surface area contributed by atoms with Gasteiger partial charge in [-0.05, 0) is 30.2 Å². The average molecular weight is 380 g/mol. The Bertz CT molecular complexity index is 760. The number of hydrogen-bond acceptors (Lipinski definition) is 3. The minimum atomic E-state index is -0.455. The maximum atomic E-state index is 12.4. The van der Waals surface area contributed by atoms with Crippen molar-refractivity contribution in [3.8, 4) is 0 Å². The second-order valence-electron chi connectivity index (χ2n) is 5.74. The highest BCUT2D eigenvalue weighted by Gasteiger charge is 2.19. The number of hydrogen-bond donors (Lipinski definition) is 1. The first-order valence-electron chi connectivity index (χ1n) is 7.75. The molecule has 6 heteroatoms. The first-order valence-corrected chi connectivity index (χ1v) is 8.51. The number of carbonyl (C=O) groups excluding carboxylic acids is 2. The van der Waals surface area contributed by atoms with E-state index in [9.17, 15) is 9.59 Å². The van der Waals surface area contributed by atoms with Crippen LogP contribution in [-0.2, 0) is 20.7 Å². The third-order valence-electron chi connectivity index (χ3n) is 3.76. The number of rotatable bonds is 6. The highest BCUT2D eigenvalue weighted by Crippen LogP contribution is 2.23. The van der Waals surface area contributed by atoms with Gasteiger partial charge < -0.3 is 10.1 Å². The molecule has 0 fully saturated rings. The van der Waals surface area contributed by atoms with Crippen LogP contribution in [0.5, 0.6) is 0 Å². The van der Waals surface area contributed by atoms with E-state index < -0.39 is 6.04 Å². The summed E-state index contributed by atoms with van der Waals surface area (Å²) < 4.78 is 4.73. The molecule has 0 saturated heterocycles. The monoisotopic (exact) mass is 379 g/mol. The number of methoxy groups -OCH3 is 1. The molecule has 25 heavy (non-hydrogen) atoms. The molecule has 2 rings (SSSR count). The van der Waals surface area contributed by atoms with Gasteiger partial charge in [-0.3, -0.25) is 9.59 Å². The molecule has 1 unspecified atom stereocenters. The first kappa shape index (κ1) is 19.3. The lowest BCUT2D eigenvalue weighted by atomic mass is 10.0. The van der Waals surface area contributed by atoms with Crippen molar-refractivity contribution in [2.75, 3.05) is 7.11 Å². The molecule has 1 amide bonds. The van der Waals surface area contributed by atoms with E-state index in [2.05, 4.69) is 5.32 Å². The molecule has 0 bridgehead atoms. The van der Waals surface area contributed by atoms with Gasteiger partial charge in [0.1, 0.15) is 0 Å². The lowest BCUT2D eigenvalue weighted by Crippen LogP contribution is -2.31. The SMILES string of the molecule is COC(=O)CC(NC(=O)Cc1ccc(Cl)c(Cl)c1)c1ccc(C)cc1. The lowest BCUT2D eigenvalue weighted by molar-refractivity contribution is -0.141. The van der Waals surface area contributed by atoms with Crippen LogP contribution in [0.15, 0.2) is 42.5 Å². The van der Waals surface area contributed by atoms with Crippen LogP contribution in [0.3, 0.4) is 0 Å². The van der Waals surface area contributed by atoms with E-state index in [4.69, 9.17) is 27.9 Å². The molecule has 0 heterocycles. The number of halogens is 2. The zero-order valence-corrected chi connectivity index (χ0v) is 15.5. The van der Waals surface area contributed by atoms with Crippen LogP contribution < -0.4 is 5.32 Å². The van der Waals surface area contributed by atoms with Crippen molar-refractivity contribution >= 4 is 35.1 Å². The largest absolute Gasteiger partial charge is 0.469 e. The highest BCUT2D eigenvalue weighted by atomic mass is 35.5. The molecule has 0 spiro atoms. The second-order valence-corrected chi connectivity index (χ2v) is 6.55. The number of benzene rings is 2. The third kappa shape index (κ3) is 5.76. The number of amides is 1. The van der Waals surface area contributed by atoms with Crippen LogP contribution in [0.25, 0.3) is 0 Å². The fraction of sp³-hybridized carbons (Fsp3) is 0.263. The lowest BCUT2D eigenvalue weighted by Gasteiger charge is -2.18. The predicted molar refractivity (Wildman–Crippen MR) is 98.9 cm³/mol. The van der Waals surface area contributed by atoms with Gasteiger partial charge in [-0.2, -0.15) is 0 Å². The van der Waals surface area contributed by atoms with Gasteiger partial charge in [0.05, 0.1) is 36.0 Å². The maximum absolute atomic E-state index is 12.4. The van der Waals surface area contributed by atoms with Gasteiger partial charge in [0.25, 0.3) is 0 Å². The Morgan fingerprint density at radius 3 is 2.36 bits per heavy atom. The van der Waals surface area contributed by atoms with E-state index in [1.54, 1.807) is 18.2 Å². The smallest absolute Gasteiger partial charge is 0.307 e. The minimum Gasteiger partial charge on any atom is -0.469 e. The molecule has 2 aromatic carbocycles. The molecular formula is C19H19Cl2NO3. The quantitative estimate of drug-likeness (QED) is 0.762. The Kier molecular flexibility index (Phi) is 6.85. The van der Waals surface area contributed by atoms with Gasteiger partial charge in [0.2, 0.25) is 5.91 Å². The normalized spacial score (nSPS) is 11.7. The molecule has 1 N–H and O–H groups in total. The fourth-order valence-electron chi connectivity index (χ4n) is 2.38. The van der Waals surface area contributed by atoms with Gasteiger partial charge in [0.15, 0.2) is 0 Å². The second kappa shape index (κ2) is 8.88. The summed E-state index contributed by atoms with van der Waals surface area (Å²) in [4.78, 5) is 24.1. The van der Waals surface area contributed by atoms with Crippen LogP contribution >= 0.6 is 23.2 Å². The van der Waals surface area contributed by atoms with Crippen LogP contribution in [0, 0.1) is 6.92 Å². The van der Waals surface area contributed by atoms with Crippen molar-refractivity contribution in [3.05, 3.63) is 69.2 Å². The number of carbonyl (C=O) groups is 2. The van der Waals surface area contributed by atoms with Gasteiger partial charge in [-0.15, -0.1) is 0 Å². The van der Waals surface area contributed by atoms with Crippen molar-refractivity contribution in [3.63, 3.8) is 0 Å². The van der Waals surface area contributed by atoms with Crippen LogP contribution in [0.2, 0.25) is 10.0 Å². The van der Waals surface area contributed by atoms with E-state index >= 15 is 0 Å². The summed E-state index contributed by atoms with van der Waals surface area (Å²) in [6.45, 7) is 1.97. The molecule has 0 radical (unpaired) electrons. The molecule has 132 valence electrons. The summed E-state index contributed by atoms with van der Waals surface area (Å²) >= 11 is 11.9. The molecular weight excluding hydrogens is 361 g/mol. The minimum absolute atomic E-state index is 0.0622. The summed E-state index contributed by atoms with van der Waals surface area (Å²) in [5.41, 5.74) is 2.69. The molecule has 0 aliphatic rings. The fourth-order valence-corrected chi connectivity index (χ4v) is 2.70. The average Bonchev–Trinajstić information content (AvgIpc) is 2.58. The Hall–Kier alpha value is -2.04. The molecule has 0 aliphatic carbocycles. The van der Waals surface area contributed by atoms with Crippen LogP contribution in [-0.4, -0.2) is 19.0 Å². The molecule has 4 nitrogen and oxygen atoms in total. The van der Waals surface area contributed by atoms with Crippen LogP contribution in [0.4, 0.5) is 0 Å². The summed E-state index contributed by atoms with van der Waals surface area (Å²) in [5, 5.41) is 3.72. The summed E-state index contributed by atoms with van der Waals surface area (Å²) in [7, 11) is 1.33. The molecule has 1 atom stereocenters. The Morgan fingerprint density at radius 1 is 1.08 bits per heavy atom. The Morgan fingerprint density at radius 2 is 1.76 bits per heavy atom. The Balaban J connectivity index is 2.11. The van der Waals surface area contributed by atoms with E-state index in [1.165, 1.54) is 7.11 Å². The number of esters is 1. The van der Waals surface area contributed by atoms with Gasteiger partial charge >= 0.3 is 5.97 Å². The van der Waals surface area contributed by atoms with E-state index in [0.717, 1.165) is 16.7 Å². The van der Waals surface area contributed by atoms with Crippen molar-refractivity contribution in [2.24, 2.45) is 0 Å². The predicted octanol–water partition coefficient (Wildman–Crippen LogP) is 4.26. The maximum Gasteiger partial charge on any atom is 0.307 e. The summed E-state index contributed by atoms with van der Waals surface area (Å²) in [6, 6.07) is 12.3. The standard InChI is InChI=1S/C19H19Cl2NO3/c1-12-3-6-14(7-4-12)17(11-19(24)25-2)22-18(23)10-13-5-8-15(20)16(21)9-13/h3-9,17H,10-11H2,1-2H3,(H,22,23). The van der Waals surface area contributed by atoms with Crippen LogP contribution in [0.1, 0.15) is 29.2 Å². The molecule has 2 aromatic rings. The van der Waals surface area contributed by atoms with E-state index in [-0.39, 0.29) is 24.7 Å². The summed E-state index contributed by atoms with van der Waals surface area (Å²) in [5.74, 6) is -0.603. The van der Waals surface area contributed by atoms with Gasteiger partial charge in [0, 0.05) is 0 Å². The Labute approximate surface area is 157 Å². The highest BCUT2D eigenvalue weighted by molar-refractivity contribution is 6.42. The molecule has 0 saturated carbocycles. The van der Waals surface area contributed by atoms with E-state index in [0.29, 0.717) is 10.0 Å². The molecule has 0 aliphatic heterocycles. The number of ether oxygens (including phenoxy) is 1. The van der Waals surface area contributed by atoms with E-state index in [1.807, 2.05) is 31.2 Å². The summed E-state index contributed by atoms with van der Waals surface area (Å²) in [6.07, 6.45) is 0.201. The first-order chi connectivity index (χ1) is 11.9. The topological polar surface area (TPSA) is 55.4 Å². The van der Waals surface area contributed by atoms with Gasteiger partial charge in [-0.1, -0.05) is 59.1 Å². The zero-order valence-electron chi connectivity index (χ0n) is 14.0. The van der Waals surface area contributed by atoms with Crippen molar-refractivity contribution in [1.29, 1.82) is 0 Å². The number of aryl methyl sites for hydroxylation is 1. The molecule has 0 aromatic heterocycles.